The van der Waals surface area contributed by atoms with E-state index in [9.17, 15) is 0 Å². The Morgan fingerprint density at radius 2 is 2.33 bits per heavy atom. The molecule has 1 aromatic heterocycles. The van der Waals surface area contributed by atoms with Gasteiger partial charge in [0.15, 0.2) is 5.58 Å². The fraction of sp³-hybridized carbons (Fsp3) is 0.125. The Morgan fingerprint density at radius 3 is 3.08 bits per heavy atom. The largest absolute Gasteiger partial charge is 0.497 e. The summed E-state index contributed by atoms with van der Waals surface area (Å²) in [5, 5.41) is 4.63. The van der Waals surface area contributed by atoms with E-state index in [0.717, 1.165) is 21.2 Å². The smallest absolute Gasteiger partial charge is 0.171 e. The first-order valence-electron chi connectivity index (χ1n) is 3.39. The Morgan fingerprint density at radius 1 is 1.50 bits per heavy atom. The highest BCUT2D eigenvalue weighted by Crippen LogP contribution is 2.28. The van der Waals surface area contributed by atoms with Crippen LogP contribution in [0.4, 0.5) is 0 Å². The minimum atomic E-state index is 0.723. The summed E-state index contributed by atoms with van der Waals surface area (Å²) < 4.78 is 11.0. The maximum absolute atomic E-state index is 5.05. The zero-order valence-corrected chi connectivity index (χ0v) is 7.96. The van der Waals surface area contributed by atoms with Crippen LogP contribution in [-0.4, -0.2) is 12.3 Å². The van der Waals surface area contributed by atoms with E-state index < -0.39 is 0 Å². The molecule has 0 fully saturated rings. The molecule has 0 atom stereocenters. The molecule has 0 radical (unpaired) electrons. The maximum atomic E-state index is 5.05. The summed E-state index contributed by atoms with van der Waals surface area (Å²) in [5.41, 5.74) is 0.723. The van der Waals surface area contributed by atoms with Gasteiger partial charge in [0.2, 0.25) is 0 Å². The Hall–Kier alpha value is -1.03. The number of fused-ring (bicyclic) bond motifs is 1. The highest BCUT2D eigenvalue weighted by Gasteiger charge is 2.05. The standard InChI is InChI=1S/C8H6BrNO2/c1-11-5-2-7(9)6-4-10-12-8(6)3-5/h2-4H,1H3. The molecule has 0 spiro atoms. The number of nitrogens with zero attached hydrogens (tertiary/aromatic N) is 1. The Kier molecular flexibility index (Phi) is 1.77. The Labute approximate surface area is 77.4 Å². The van der Waals surface area contributed by atoms with Crippen molar-refractivity contribution in [2.45, 2.75) is 0 Å². The topological polar surface area (TPSA) is 35.3 Å². The molecule has 0 unspecified atom stereocenters. The van der Waals surface area contributed by atoms with Gasteiger partial charge < -0.3 is 9.26 Å². The Balaban J connectivity index is 2.75. The third-order valence-corrected chi connectivity index (χ3v) is 2.29. The van der Waals surface area contributed by atoms with Gasteiger partial charge in [0.1, 0.15) is 5.75 Å². The normalized spacial score (nSPS) is 10.5. The van der Waals surface area contributed by atoms with Gasteiger partial charge in [-0.25, -0.2) is 0 Å². The van der Waals surface area contributed by atoms with Crippen molar-refractivity contribution in [2.24, 2.45) is 0 Å². The summed E-state index contributed by atoms with van der Waals surface area (Å²) in [6, 6.07) is 3.67. The molecular weight excluding hydrogens is 222 g/mol. The van der Waals surface area contributed by atoms with Crippen molar-refractivity contribution >= 4 is 26.9 Å². The lowest BCUT2D eigenvalue weighted by atomic mass is 10.2. The maximum Gasteiger partial charge on any atom is 0.171 e. The van der Waals surface area contributed by atoms with Crippen LogP contribution in [0, 0.1) is 0 Å². The predicted molar refractivity (Wildman–Crippen MR) is 48.3 cm³/mol. The second kappa shape index (κ2) is 2.79. The molecule has 62 valence electrons. The molecule has 0 saturated carbocycles. The second-order valence-electron chi connectivity index (χ2n) is 2.35. The van der Waals surface area contributed by atoms with Gasteiger partial charge in [0.05, 0.1) is 18.7 Å². The molecule has 0 aliphatic heterocycles. The van der Waals surface area contributed by atoms with Crippen molar-refractivity contribution in [2.75, 3.05) is 7.11 Å². The molecule has 1 aromatic carbocycles. The van der Waals surface area contributed by atoms with Crippen LogP contribution >= 0.6 is 15.9 Å². The number of hydrogen-bond acceptors (Lipinski definition) is 3. The van der Waals surface area contributed by atoms with Crippen LogP contribution in [0.25, 0.3) is 11.0 Å². The molecule has 4 heteroatoms. The van der Waals surface area contributed by atoms with Gasteiger partial charge in [-0.3, -0.25) is 0 Å². The molecule has 2 rings (SSSR count). The number of ether oxygens (including phenoxy) is 1. The van der Waals surface area contributed by atoms with E-state index in [1.165, 1.54) is 0 Å². The van der Waals surface area contributed by atoms with Gasteiger partial charge in [-0.2, -0.15) is 0 Å². The number of hydrogen-bond donors (Lipinski definition) is 0. The summed E-state index contributed by atoms with van der Waals surface area (Å²) in [6.07, 6.45) is 1.67. The molecule has 0 N–H and O–H groups in total. The van der Waals surface area contributed by atoms with Crippen molar-refractivity contribution in [3.8, 4) is 5.75 Å². The summed E-state index contributed by atoms with van der Waals surface area (Å²) in [5.74, 6) is 0.756. The number of halogens is 1. The highest BCUT2D eigenvalue weighted by atomic mass is 79.9. The third kappa shape index (κ3) is 1.08. The lowest BCUT2D eigenvalue weighted by molar-refractivity contribution is 0.411. The average Bonchev–Trinajstić information content (AvgIpc) is 2.52. The molecule has 2 aromatic rings. The summed E-state index contributed by atoms with van der Waals surface area (Å²) in [6.45, 7) is 0. The highest BCUT2D eigenvalue weighted by molar-refractivity contribution is 9.10. The van der Waals surface area contributed by atoms with Crippen molar-refractivity contribution in [3.05, 3.63) is 22.8 Å². The van der Waals surface area contributed by atoms with E-state index in [0.29, 0.717) is 0 Å². The lowest BCUT2D eigenvalue weighted by Gasteiger charge is -1.98. The van der Waals surface area contributed by atoms with Crippen LogP contribution in [-0.2, 0) is 0 Å². The first-order valence-corrected chi connectivity index (χ1v) is 4.18. The third-order valence-electron chi connectivity index (χ3n) is 1.63. The van der Waals surface area contributed by atoms with Crippen molar-refractivity contribution in [3.63, 3.8) is 0 Å². The van der Waals surface area contributed by atoms with Crippen molar-refractivity contribution in [1.29, 1.82) is 0 Å². The van der Waals surface area contributed by atoms with E-state index in [1.54, 1.807) is 19.4 Å². The molecular formula is C8H6BrNO2. The van der Waals surface area contributed by atoms with Gasteiger partial charge in [-0.05, 0) is 22.0 Å². The van der Waals surface area contributed by atoms with Crippen LogP contribution in [0.2, 0.25) is 0 Å². The number of aromatic nitrogens is 1. The predicted octanol–water partition coefficient (Wildman–Crippen LogP) is 2.60. The van der Waals surface area contributed by atoms with Gasteiger partial charge in [-0.1, -0.05) is 5.16 Å². The van der Waals surface area contributed by atoms with E-state index in [2.05, 4.69) is 21.1 Å². The van der Waals surface area contributed by atoms with Crippen LogP contribution < -0.4 is 4.74 Å². The van der Waals surface area contributed by atoms with Crippen LogP contribution in [0.3, 0.4) is 0 Å². The Bertz CT molecular complexity index is 410. The average molecular weight is 228 g/mol. The van der Waals surface area contributed by atoms with Crippen molar-refractivity contribution < 1.29 is 9.26 Å². The molecule has 3 nitrogen and oxygen atoms in total. The molecule has 1 heterocycles. The number of rotatable bonds is 1. The molecule has 0 aliphatic carbocycles. The SMILES string of the molecule is COc1cc(Br)c2cnoc2c1. The van der Waals surface area contributed by atoms with Gasteiger partial charge in [-0.15, -0.1) is 0 Å². The van der Waals surface area contributed by atoms with Gasteiger partial charge in [0.25, 0.3) is 0 Å². The summed E-state index contributed by atoms with van der Waals surface area (Å²) >= 11 is 3.39. The summed E-state index contributed by atoms with van der Waals surface area (Å²) in [4.78, 5) is 0. The first kappa shape index (κ1) is 7.61. The lowest BCUT2D eigenvalue weighted by Crippen LogP contribution is -1.81. The van der Waals surface area contributed by atoms with Crippen LogP contribution in [0.5, 0.6) is 5.75 Å². The minimum Gasteiger partial charge on any atom is -0.497 e. The fourth-order valence-corrected chi connectivity index (χ4v) is 1.55. The summed E-state index contributed by atoms with van der Waals surface area (Å²) in [7, 11) is 1.62. The van der Waals surface area contributed by atoms with Gasteiger partial charge >= 0.3 is 0 Å². The molecule has 0 amide bonds. The second-order valence-corrected chi connectivity index (χ2v) is 3.20. The number of methoxy groups -OCH3 is 1. The van der Waals surface area contributed by atoms with Gasteiger partial charge in [0, 0.05) is 10.5 Å². The van der Waals surface area contributed by atoms with E-state index in [-0.39, 0.29) is 0 Å². The first-order chi connectivity index (χ1) is 5.81. The zero-order valence-electron chi connectivity index (χ0n) is 6.37. The number of benzene rings is 1. The zero-order chi connectivity index (χ0) is 8.55. The van der Waals surface area contributed by atoms with E-state index in [4.69, 9.17) is 9.26 Å². The van der Waals surface area contributed by atoms with E-state index >= 15 is 0 Å². The molecule has 0 saturated heterocycles. The van der Waals surface area contributed by atoms with E-state index in [1.807, 2.05) is 6.07 Å². The quantitative estimate of drug-likeness (QED) is 0.752. The molecule has 12 heavy (non-hydrogen) atoms. The monoisotopic (exact) mass is 227 g/mol. The molecule has 0 aliphatic rings. The van der Waals surface area contributed by atoms with Crippen molar-refractivity contribution in [1.82, 2.24) is 5.16 Å². The minimum absolute atomic E-state index is 0.723. The molecule has 0 bridgehead atoms. The fourth-order valence-electron chi connectivity index (χ4n) is 1.02. The van der Waals surface area contributed by atoms with Crippen LogP contribution in [0.15, 0.2) is 27.3 Å². The van der Waals surface area contributed by atoms with Crippen LogP contribution in [0.1, 0.15) is 0 Å².